The Balaban J connectivity index is 2.49. The topological polar surface area (TPSA) is 38.3 Å². The molecule has 0 aliphatic carbocycles. The molecule has 0 saturated carbocycles. The lowest BCUT2D eigenvalue weighted by molar-refractivity contribution is -0.145. The van der Waals surface area contributed by atoms with E-state index in [4.69, 9.17) is 4.74 Å². The molecule has 1 rings (SSSR count). The van der Waals surface area contributed by atoms with Gasteiger partial charge >= 0.3 is 5.97 Å². The number of anilines is 1. The predicted octanol–water partition coefficient (Wildman–Crippen LogP) is 3.06. The van der Waals surface area contributed by atoms with Crippen LogP contribution >= 0.6 is 15.9 Å². The van der Waals surface area contributed by atoms with E-state index in [1.165, 1.54) is 7.11 Å². The van der Waals surface area contributed by atoms with Crippen LogP contribution in [-0.2, 0) is 9.53 Å². The summed E-state index contributed by atoms with van der Waals surface area (Å²) in [6.07, 6.45) is 0.774. The summed E-state index contributed by atoms with van der Waals surface area (Å²) in [7, 11) is 1.42. The van der Waals surface area contributed by atoms with E-state index in [2.05, 4.69) is 21.2 Å². The SMILES string of the molecule is CCC(CNc1ccc(Br)cc1)C(=O)OC. The fraction of sp³-hybridized carbons (Fsp3) is 0.417. The Labute approximate surface area is 104 Å². The molecule has 1 unspecified atom stereocenters. The summed E-state index contributed by atoms with van der Waals surface area (Å²) in [6, 6.07) is 7.85. The Hall–Kier alpha value is -1.03. The smallest absolute Gasteiger partial charge is 0.310 e. The van der Waals surface area contributed by atoms with Crippen LogP contribution in [0.3, 0.4) is 0 Å². The van der Waals surface area contributed by atoms with Crippen molar-refractivity contribution in [3.05, 3.63) is 28.7 Å². The van der Waals surface area contributed by atoms with Gasteiger partial charge < -0.3 is 10.1 Å². The van der Waals surface area contributed by atoms with Gasteiger partial charge in [0.2, 0.25) is 0 Å². The van der Waals surface area contributed by atoms with Gasteiger partial charge in [0, 0.05) is 16.7 Å². The molecule has 0 fully saturated rings. The van der Waals surface area contributed by atoms with Crippen LogP contribution in [0.15, 0.2) is 28.7 Å². The van der Waals surface area contributed by atoms with Gasteiger partial charge in [0.15, 0.2) is 0 Å². The highest BCUT2D eigenvalue weighted by Gasteiger charge is 2.16. The molecule has 0 radical (unpaired) electrons. The monoisotopic (exact) mass is 285 g/mol. The third-order valence-electron chi connectivity index (χ3n) is 2.42. The van der Waals surface area contributed by atoms with Gasteiger partial charge in [0.25, 0.3) is 0 Å². The third-order valence-corrected chi connectivity index (χ3v) is 2.95. The van der Waals surface area contributed by atoms with Crippen molar-refractivity contribution >= 4 is 27.6 Å². The molecule has 0 heterocycles. The molecule has 0 saturated heterocycles. The van der Waals surface area contributed by atoms with Gasteiger partial charge in [-0.3, -0.25) is 4.79 Å². The predicted molar refractivity (Wildman–Crippen MR) is 68.4 cm³/mol. The van der Waals surface area contributed by atoms with E-state index in [-0.39, 0.29) is 11.9 Å². The Bertz CT molecular complexity index is 337. The number of carbonyl (C=O) groups is 1. The minimum atomic E-state index is -0.160. The van der Waals surface area contributed by atoms with E-state index < -0.39 is 0 Å². The molecule has 88 valence electrons. The maximum Gasteiger partial charge on any atom is 0.310 e. The standard InChI is InChI=1S/C12H16BrNO2/c1-3-9(12(15)16-2)8-14-11-6-4-10(13)5-7-11/h4-7,9,14H,3,8H2,1-2H3. The highest BCUT2D eigenvalue weighted by Crippen LogP contribution is 2.15. The zero-order valence-electron chi connectivity index (χ0n) is 9.50. The molecule has 0 amide bonds. The Kier molecular flexibility index (Phi) is 5.32. The molecule has 16 heavy (non-hydrogen) atoms. The first-order valence-corrected chi connectivity index (χ1v) is 6.04. The van der Waals surface area contributed by atoms with E-state index in [9.17, 15) is 4.79 Å². The van der Waals surface area contributed by atoms with Gasteiger partial charge in [-0.05, 0) is 30.7 Å². The third kappa shape index (κ3) is 3.85. The highest BCUT2D eigenvalue weighted by atomic mass is 79.9. The average molecular weight is 286 g/mol. The maximum absolute atomic E-state index is 11.3. The second kappa shape index (κ2) is 6.53. The summed E-state index contributed by atoms with van der Waals surface area (Å²) >= 11 is 3.37. The van der Waals surface area contributed by atoms with Crippen LogP contribution < -0.4 is 5.32 Å². The molecule has 0 aliphatic heterocycles. The van der Waals surface area contributed by atoms with Crippen LogP contribution in [0.1, 0.15) is 13.3 Å². The number of esters is 1. The second-order valence-electron chi connectivity index (χ2n) is 3.52. The lowest BCUT2D eigenvalue weighted by Crippen LogP contribution is -2.23. The lowest BCUT2D eigenvalue weighted by atomic mass is 10.1. The van der Waals surface area contributed by atoms with Gasteiger partial charge in [-0.15, -0.1) is 0 Å². The average Bonchev–Trinajstić information content (AvgIpc) is 2.31. The quantitative estimate of drug-likeness (QED) is 0.845. The molecule has 1 aromatic carbocycles. The Morgan fingerprint density at radius 2 is 2.06 bits per heavy atom. The van der Waals surface area contributed by atoms with Crippen molar-refractivity contribution < 1.29 is 9.53 Å². The zero-order chi connectivity index (χ0) is 12.0. The van der Waals surface area contributed by atoms with Crippen molar-refractivity contribution in [1.82, 2.24) is 0 Å². The minimum Gasteiger partial charge on any atom is -0.469 e. The lowest BCUT2D eigenvalue weighted by Gasteiger charge is -2.14. The number of rotatable bonds is 5. The molecule has 0 aliphatic rings. The molecule has 0 aromatic heterocycles. The fourth-order valence-corrected chi connectivity index (χ4v) is 1.63. The van der Waals surface area contributed by atoms with Gasteiger partial charge in [-0.25, -0.2) is 0 Å². The van der Waals surface area contributed by atoms with Gasteiger partial charge in [-0.2, -0.15) is 0 Å². The van der Waals surface area contributed by atoms with Crippen molar-refractivity contribution in [1.29, 1.82) is 0 Å². The van der Waals surface area contributed by atoms with E-state index in [0.29, 0.717) is 6.54 Å². The largest absolute Gasteiger partial charge is 0.469 e. The number of nitrogens with one attached hydrogen (secondary N) is 1. The van der Waals surface area contributed by atoms with Gasteiger partial charge in [0.1, 0.15) is 0 Å². The number of methoxy groups -OCH3 is 1. The molecule has 1 N–H and O–H groups in total. The van der Waals surface area contributed by atoms with Crippen molar-refractivity contribution in [3.8, 4) is 0 Å². The second-order valence-corrected chi connectivity index (χ2v) is 4.43. The summed E-state index contributed by atoms with van der Waals surface area (Å²) in [4.78, 5) is 11.3. The first-order valence-electron chi connectivity index (χ1n) is 5.24. The highest BCUT2D eigenvalue weighted by molar-refractivity contribution is 9.10. The number of benzene rings is 1. The first-order chi connectivity index (χ1) is 7.67. The minimum absolute atomic E-state index is 0.0892. The fourth-order valence-electron chi connectivity index (χ4n) is 1.37. The first kappa shape index (κ1) is 13.0. The van der Waals surface area contributed by atoms with Gasteiger partial charge in [0.05, 0.1) is 13.0 Å². The number of ether oxygens (including phenoxy) is 1. The van der Waals surface area contributed by atoms with E-state index in [1.54, 1.807) is 0 Å². The molecule has 3 nitrogen and oxygen atoms in total. The Morgan fingerprint density at radius 3 is 2.56 bits per heavy atom. The molecule has 0 bridgehead atoms. The molecule has 1 atom stereocenters. The number of halogens is 1. The number of hydrogen-bond acceptors (Lipinski definition) is 3. The van der Waals surface area contributed by atoms with E-state index in [1.807, 2.05) is 31.2 Å². The van der Waals surface area contributed by atoms with Gasteiger partial charge in [-0.1, -0.05) is 22.9 Å². The molecule has 4 heteroatoms. The summed E-state index contributed by atoms with van der Waals surface area (Å²) in [5, 5.41) is 3.22. The molecular weight excluding hydrogens is 270 g/mol. The Morgan fingerprint density at radius 1 is 1.44 bits per heavy atom. The molecular formula is C12H16BrNO2. The molecule has 1 aromatic rings. The number of carbonyl (C=O) groups excluding carboxylic acids is 1. The van der Waals surface area contributed by atoms with Crippen molar-refractivity contribution in [2.45, 2.75) is 13.3 Å². The summed E-state index contributed by atoms with van der Waals surface area (Å²) in [6.45, 7) is 2.58. The maximum atomic E-state index is 11.3. The van der Waals surface area contributed by atoms with Crippen LogP contribution in [0.4, 0.5) is 5.69 Å². The van der Waals surface area contributed by atoms with E-state index in [0.717, 1.165) is 16.6 Å². The van der Waals surface area contributed by atoms with Crippen molar-refractivity contribution in [3.63, 3.8) is 0 Å². The van der Waals surface area contributed by atoms with Crippen molar-refractivity contribution in [2.75, 3.05) is 19.0 Å². The van der Waals surface area contributed by atoms with Crippen LogP contribution in [0.5, 0.6) is 0 Å². The van der Waals surface area contributed by atoms with Crippen LogP contribution in [-0.4, -0.2) is 19.6 Å². The van der Waals surface area contributed by atoms with Crippen LogP contribution in [0.2, 0.25) is 0 Å². The normalized spacial score (nSPS) is 11.9. The summed E-state index contributed by atoms with van der Waals surface area (Å²) in [5.41, 5.74) is 1.01. The zero-order valence-corrected chi connectivity index (χ0v) is 11.1. The van der Waals surface area contributed by atoms with Crippen LogP contribution in [0, 0.1) is 5.92 Å². The summed E-state index contributed by atoms with van der Waals surface area (Å²) in [5.74, 6) is -0.249. The summed E-state index contributed by atoms with van der Waals surface area (Å²) < 4.78 is 5.76. The molecule has 0 spiro atoms. The van der Waals surface area contributed by atoms with Crippen molar-refractivity contribution in [2.24, 2.45) is 5.92 Å². The number of hydrogen-bond donors (Lipinski definition) is 1. The van der Waals surface area contributed by atoms with E-state index >= 15 is 0 Å². The van der Waals surface area contributed by atoms with Crippen LogP contribution in [0.25, 0.3) is 0 Å².